The van der Waals surface area contributed by atoms with Gasteiger partial charge >= 0.3 is 5.63 Å². The molecule has 2 aromatic carbocycles. The lowest BCUT2D eigenvalue weighted by Crippen LogP contribution is -2.27. The van der Waals surface area contributed by atoms with Crippen molar-refractivity contribution in [3.63, 3.8) is 0 Å². The highest BCUT2D eigenvalue weighted by Crippen LogP contribution is 2.38. The van der Waals surface area contributed by atoms with E-state index >= 15 is 0 Å². The minimum atomic E-state index is -1.36. The van der Waals surface area contributed by atoms with Crippen molar-refractivity contribution < 1.29 is 23.1 Å². The van der Waals surface area contributed by atoms with Crippen LogP contribution in [0.4, 0.5) is 4.39 Å². The summed E-state index contributed by atoms with van der Waals surface area (Å²) in [5, 5.41) is 12.3. The first-order valence-corrected chi connectivity index (χ1v) is 8.29. The molecule has 0 amide bonds. The van der Waals surface area contributed by atoms with E-state index in [-0.39, 0.29) is 11.4 Å². The standard InChI is InChI=1S/C21H15FO5/c1-10-7-16-19(11(2)14(8-17(23)24)21(25)27-16)20-18(10)15(9-26-20)12-3-5-13(22)6-4-12/h3-7,9H,8H2,1-2H3,(H,23,24)/p-1. The first kappa shape index (κ1) is 17.0. The lowest BCUT2D eigenvalue weighted by atomic mass is 9.96. The van der Waals surface area contributed by atoms with Crippen LogP contribution in [-0.2, 0) is 11.2 Å². The highest BCUT2D eigenvalue weighted by atomic mass is 19.1. The maximum Gasteiger partial charge on any atom is 0.340 e. The second-order valence-electron chi connectivity index (χ2n) is 6.47. The summed E-state index contributed by atoms with van der Waals surface area (Å²) in [5.74, 6) is -1.70. The zero-order valence-corrected chi connectivity index (χ0v) is 14.6. The molecule has 0 aliphatic carbocycles. The van der Waals surface area contributed by atoms with Crippen molar-refractivity contribution >= 4 is 27.9 Å². The Morgan fingerprint density at radius 3 is 2.52 bits per heavy atom. The molecule has 5 nitrogen and oxygen atoms in total. The van der Waals surface area contributed by atoms with Gasteiger partial charge in [-0.15, -0.1) is 0 Å². The number of fused-ring (bicyclic) bond motifs is 3. The molecule has 0 fully saturated rings. The van der Waals surface area contributed by atoms with Crippen LogP contribution < -0.4 is 10.7 Å². The monoisotopic (exact) mass is 365 g/mol. The summed E-state index contributed by atoms with van der Waals surface area (Å²) >= 11 is 0. The second-order valence-corrected chi connectivity index (χ2v) is 6.47. The molecule has 0 N–H and O–H groups in total. The fourth-order valence-electron chi connectivity index (χ4n) is 3.48. The number of halogens is 1. The predicted octanol–water partition coefficient (Wildman–Crippen LogP) is 3.25. The van der Waals surface area contributed by atoms with Gasteiger partial charge in [0.05, 0.1) is 11.6 Å². The Morgan fingerprint density at radius 2 is 1.85 bits per heavy atom. The molecule has 0 aliphatic rings. The number of carbonyl (C=O) groups is 1. The van der Waals surface area contributed by atoms with Crippen LogP contribution in [0.5, 0.6) is 0 Å². The number of aliphatic carboxylic acids is 1. The third kappa shape index (κ3) is 2.70. The Labute approximate surface area is 152 Å². The molecular formula is C21H14FO5-. The Balaban J connectivity index is 2.08. The van der Waals surface area contributed by atoms with E-state index < -0.39 is 18.0 Å². The normalized spacial score (nSPS) is 11.4. The number of carbonyl (C=O) groups excluding carboxylic acids is 1. The van der Waals surface area contributed by atoms with Gasteiger partial charge in [-0.25, -0.2) is 9.18 Å². The topological polar surface area (TPSA) is 83.5 Å². The van der Waals surface area contributed by atoms with Crippen LogP contribution in [0.1, 0.15) is 16.7 Å². The van der Waals surface area contributed by atoms with Crippen molar-refractivity contribution in [1.82, 2.24) is 0 Å². The molecule has 0 saturated carbocycles. The fourth-order valence-corrected chi connectivity index (χ4v) is 3.48. The molecule has 0 bridgehead atoms. The van der Waals surface area contributed by atoms with E-state index in [1.54, 1.807) is 31.4 Å². The van der Waals surface area contributed by atoms with Gasteiger partial charge in [0, 0.05) is 28.9 Å². The number of furan rings is 1. The Kier molecular flexibility index (Phi) is 3.84. The molecule has 0 spiro atoms. The molecule has 0 radical (unpaired) electrons. The Morgan fingerprint density at radius 1 is 1.15 bits per heavy atom. The van der Waals surface area contributed by atoms with E-state index in [9.17, 15) is 19.1 Å². The quantitative estimate of drug-likeness (QED) is 0.521. The largest absolute Gasteiger partial charge is 0.550 e. The summed E-state index contributed by atoms with van der Waals surface area (Å²) in [6.45, 7) is 3.51. The molecule has 2 heterocycles. The van der Waals surface area contributed by atoms with Gasteiger partial charge < -0.3 is 18.7 Å². The minimum absolute atomic E-state index is 0.0346. The Hall–Kier alpha value is -3.41. The number of carboxylic acid groups (broad SMARTS) is 1. The van der Waals surface area contributed by atoms with E-state index in [1.807, 2.05) is 6.92 Å². The van der Waals surface area contributed by atoms with Crippen LogP contribution in [0.15, 0.2) is 50.2 Å². The van der Waals surface area contributed by atoms with Crippen LogP contribution >= 0.6 is 0 Å². The van der Waals surface area contributed by atoms with E-state index in [4.69, 9.17) is 8.83 Å². The summed E-state index contributed by atoms with van der Waals surface area (Å²) in [5.41, 5.74) is 3.01. The number of rotatable bonds is 3. The second kappa shape index (κ2) is 6.09. The van der Waals surface area contributed by atoms with Crippen LogP contribution in [0, 0.1) is 19.7 Å². The van der Waals surface area contributed by atoms with Crippen molar-refractivity contribution in [3.8, 4) is 11.1 Å². The summed E-state index contributed by atoms with van der Waals surface area (Å²) in [7, 11) is 0. The third-order valence-electron chi connectivity index (χ3n) is 4.76. The molecule has 0 atom stereocenters. The summed E-state index contributed by atoms with van der Waals surface area (Å²) in [6, 6.07) is 7.77. The smallest absolute Gasteiger partial charge is 0.340 e. The number of carboxylic acids is 1. The first-order chi connectivity index (χ1) is 12.9. The average molecular weight is 365 g/mol. The molecular weight excluding hydrogens is 351 g/mol. The van der Waals surface area contributed by atoms with Gasteiger partial charge in [0.1, 0.15) is 17.0 Å². The van der Waals surface area contributed by atoms with Crippen molar-refractivity contribution in [1.29, 1.82) is 0 Å². The average Bonchev–Trinajstić information content (AvgIpc) is 3.04. The van der Waals surface area contributed by atoms with Gasteiger partial charge in [-0.05, 0) is 48.7 Å². The zero-order valence-electron chi connectivity index (χ0n) is 14.6. The number of hydrogen-bond acceptors (Lipinski definition) is 5. The van der Waals surface area contributed by atoms with Crippen LogP contribution in [0.3, 0.4) is 0 Å². The molecule has 136 valence electrons. The Bertz CT molecular complexity index is 1260. The molecule has 0 unspecified atom stereocenters. The molecule has 4 rings (SSSR count). The highest BCUT2D eigenvalue weighted by molar-refractivity contribution is 6.11. The molecule has 0 saturated heterocycles. The van der Waals surface area contributed by atoms with Crippen molar-refractivity contribution in [3.05, 3.63) is 69.5 Å². The van der Waals surface area contributed by atoms with E-state index in [2.05, 4.69) is 0 Å². The van der Waals surface area contributed by atoms with Crippen LogP contribution in [0.25, 0.3) is 33.1 Å². The van der Waals surface area contributed by atoms with Crippen molar-refractivity contribution in [2.45, 2.75) is 20.3 Å². The molecule has 6 heteroatoms. The summed E-state index contributed by atoms with van der Waals surface area (Å²) in [6.07, 6.45) is 1.03. The van der Waals surface area contributed by atoms with Gasteiger partial charge in [0.15, 0.2) is 0 Å². The molecule has 27 heavy (non-hydrogen) atoms. The fraction of sp³-hybridized carbons (Fsp3) is 0.143. The number of benzene rings is 2. The van der Waals surface area contributed by atoms with Gasteiger partial charge in [0.25, 0.3) is 0 Å². The summed E-state index contributed by atoms with van der Waals surface area (Å²) in [4.78, 5) is 23.2. The third-order valence-corrected chi connectivity index (χ3v) is 4.76. The van der Waals surface area contributed by atoms with Crippen LogP contribution in [0.2, 0.25) is 0 Å². The lowest BCUT2D eigenvalue weighted by Gasteiger charge is -2.10. The van der Waals surface area contributed by atoms with Crippen molar-refractivity contribution in [2.24, 2.45) is 0 Å². The molecule has 4 aromatic rings. The SMILES string of the molecule is Cc1cc2oc(=O)c(CC(=O)[O-])c(C)c2c2occ(-c3ccc(F)cc3)c12. The van der Waals surface area contributed by atoms with Gasteiger partial charge in [0.2, 0.25) is 0 Å². The highest BCUT2D eigenvalue weighted by Gasteiger charge is 2.20. The van der Waals surface area contributed by atoms with Gasteiger partial charge in [-0.2, -0.15) is 0 Å². The summed E-state index contributed by atoms with van der Waals surface area (Å²) < 4.78 is 24.4. The predicted molar refractivity (Wildman–Crippen MR) is 95.8 cm³/mol. The first-order valence-electron chi connectivity index (χ1n) is 8.29. The maximum absolute atomic E-state index is 13.3. The van der Waals surface area contributed by atoms with E-state index in [0.717, 1.165) is 22.1 Å². The minimum Gasteiger partial charge on any atom is -0.550 e. The van der Waals surface area contributed by atoms with E-state index in [1.165, 1.54) is 12.1 Å². The number of aryl methyl sites for hydroxylation is 2. The van der Waals surface area contributed by atoms with Crippen LogP contribution in [-0.4, -0.2) is 5.97 Å². The van der Waals surface area contributed by atoms with Gasteiger partial charge in [-0.1, -0.05) is 12.1 Å². The van der Waals surface area contributed by atoms with Gasteiger partial charge in [-0.3, -0.25) is 0 Å². The zero-order chi connectivity index (χ0) is 19.3. The molecule has 2 aromatic heterocycles. The number of hydrogen-bond donors (Lipinski definition) is 0. The molecule has 0 aliphatic heterocycles. The lowest BCUT2D eigenvalue weighted by molar-refractivity contribution is -0.304. The maximum atomic E-state index is 13.3. The van der Waals surface area contributed by atoms with E-state index in [0.29, 0.717) is 22.1 Å². The van der Waals surface area contributed by atoms with Crippen molar-refractivity contribution in [2.75, 3.05) is 0 Å².